The monoisotopic (exact) mass is 224 g/mol. The van der Waals surface area contributed by atoms with Gasteiger partial charge in [0.2, 0.25) is 0 Å². The molecule has 1 heterocycles. The summed E-state index contributed by atoms with van der Waals surface area (Å²) in [5.74, 6) is 0.583. The molecule has 1 aromatic heterocycles. The summed E-state index contributed by atoms with van der Waals surface area (Å²) in [6, 6.07) is 6.97. The average molecular weight is 225 g/mol. The lowest BCUT2D eigenvalue weighted by atomic mass is 10.2. The summed E-state index contributed by atoms with van der Waals surface area (Å²) < 4.78 is 0. The number of rotatable bonds is 1. The molecule has 0 aliphatic heterocycles. The van der Waals surface area contributed by atoms with E-state index in [1.165, 1.54) is 0 Å². The number of hydrogen-bond donors (Lipinski definition) is 0. The maximum atomic E-state index is 5.99. The zero-order valence-corrected chi connectivity index (χ0v) is 8.63. The predicted octanol–water partition coefficient (Wildman–Crippen LogP) is 3.45. The van der Waals surface area contributed by atoms with E-state index in [2.05, 4.69) is 9.97 Å². The van der Waals surface area contributed by atoms with Crippen molar-refractivity contribution in [2.24, 2.45) is 0 Å². The van der Waals surface area contributed by atoms with Gasteiger partial charge in [-0.2, -0.15) is 0 Å². The van der Waals surface area contributed by atoms with Gasteiger partial charge < -0.3 is 0 Å². The van der Waals surface area contributed by atoms with Crippen LogP contribution >= 0.6 is 23.2 Å². The zero-order chi connectivity index (χ0) is 9.97. The minimum Gasteiger partial charge on any atom is -0.237 e. The Kier molecular flexibility index (Phi) is 2.66. The molecule has 0 aliphatic rings. The summed E-state index contributed by atoms with van der Waals surface area (Å²) in [5, 5.41) is 1.22. The van der Waals surface area contributed by atoms with Crippen LogP contribution in [-0.4, -0.2) is 9.97 Å². The quantitative estimate of drug-likeness (QED) is 0.742. The Morgan fingerprint density at radius 1 is 1.00 bits per heavy atom. The Morgan fingerprint density at radius 3 is 2.43 bits per heavy atom. The molecule has 0 aliphatic carbocycles. The van der Waals surface area contributed by atoms with Crippen LogP contribution in [0.25, 0.3) is 11.4 Å². The molecule has 0 radical (unpaired) electrons. The molecular formula is C10H6Cl2N2. The lowest BCUT2D eigenvalue weighted by molar-refractivity contribution is 1.18. The summed E-state index contributed by atoms with van der Waals surface area (Å²) >= 11 is 11.8. The van der Waals surface area contributed by atoms with Gasteiger partial charge in [-0.05, 0) is 24.3 Å². The van der Waals surface area contributed by atoms with E-state index < -0.39 is 0 Å². The Labute approximate surface area is 91.5 Å². The molecule has 2 nitrogen and oxygen atoms in total. The number of hydrogen-bond acceptors (Lipinski definition) is 2. The fraction of sp³-hybridized carbons (Fsp3) is 0. The van der Waals surface area contributed by atoms with Crippen LogP contribution in [0.3, 0.4) is 0 Å². The van der Waals surface area contributed by atoms with E-state index in [0.717, 1.165) is 5.56 Å². The van der Waals surface area contributed by atoms with Crippen molar-refractivity contribution in [2.45, 2.75) is 0 Å². The van der Waals surface area contributed by atoms with Crippen LogP contribution in [0.15, 0.2) is 36.7 Å². The summed E-state index contributed by atoms with van der Waals surface area (Å²) in [4.78, 5) is 8.19. The molecule has 14 heavy (non-hydrogen) atoms. The Bertz CT molecular complexity index is 443. The highest BCUT2D eigenvalue weighted by molar-refractivity contribution is 6.35. The lowest BCUT2D eigenvalue weighted by Crippen LogP contribution is -1.87. The highest BCUT2D eigenvalue weighted by Crippen LogP contribution is 2.27. The second-order valence-corrected chi connectivity index (χ2v) is 3.54. The van der Waals surface area contributed by atoms with Crippen LogP contribution in [0.2, 0.25) is 10.0 Å². The SMILES string of the molecule is Clc1ccc(Cl)c(-c2ncccn2)c1. The molecule has 4 heteroatoms. The first kappa shape index (κ1) is 9.44. The molecule has 0 amide bonds. The van der Waals surface area contributed by atoms with Gasteiger partial charge in [0.15, 0.2) is 5.82 Å². The molecule has 70 valence electrons. The number of halogens is 2. The topological polar surface area (TPSA) is 25.8 Å². The first-order valence-corrected chi connectivity index (χ1v) is 4.75. The van der Waals surface area contributed by atoms with Crippen molar-refractivity contribution in [3.8, 4) is 11.4 Å². The van der Waals surface area contributed by atoms with Gasteiger partial charge in [0.1, 0.15) is 0 Å². The van der Waals surface area contributed by atoms with Crippen molar-refractivity contribution in [1.29, 1.82) is 0 Å². The van der Waals surface area contributed by atoms with Crippen LogP contribution in [0.5, 0.6) is 0 Å². The van der Waals surface area contributed by atoms with Crippen molar-refractivity contribution in [1.82, 2.24) is 9.97 Å². The third kappa shape index (κ3) is 1.86. The maximum Gasteiger partial charge on any atom is 0.160 e. The van der Waals surface area contributed by atoms with Crippen molar-refractivity contribution in [3.05, 3.63) is 46.7 Å². The first-order chi connectivity index (χ1) is 6.77. The highest BCUT2D eigenvalue weighted by Gasteiger charge is 2.05. The Hall–Kier alpha value is -1.12. The fourth-order valence-corrected chi connectivity index (χ4v) is 1.48. The molecule has 0 atom stereocenters. The van der Waals surface area contributed by atoms with E-state index >= 15 is 0 Å². The Balaban J connectivity index is 2.57. The minimum atomic E-state index is 0.583. The van der Waals surface area contributed by atoms with Gasteiger partial charge in [-0.15, -0.1) is 0 Å². The van der Waals surface area contributed by atoms with E-state index in [9.17, 15) is 0 Å². The van der Waals surface area contributed by atoms with Crippen molar-refractivity contribution in [3.63, 3.8) is 0 Å². The zero-order valence-electron chi connectivity index (χ0n) is 7.11. The molecule has 0 spiro atoms. The summed E-state index contributed by atoms with van der Waals surface area (Å²) in [6.07, 6.45) is 3.33. The van der Waals surface area contributed by atoms with Gasteiger partial charge in [-0.1, -0.05) is 23.2 Å². The van der Waals surface area contributed by atoms with E-state index in [1.807, 2.05) is 0 Å². The van der Waals surface area contributed by atoms with Gasteiger partial charge in [-0.25, -0.2) is 9.97 Å². The third-order valence-corrected chi connectivity index (χ3v) is 2.30. The van der Waals surface area contributed by atoms with Crippen molar-refractivity contribution < 1.29 is 0 Å². The van der Waals surface area contributed by atoms with E-state index in [0.29, 0.717) is 15.9 Å². The molecule has 0 N–H and O–H groups in total. The van der Waals surface area contributed by atoms with E-state index in [-0.39, 0.29) is 0 Å². The van der Waals surface area contributed by atoms with E-state index in [1.54, 1.807) is 36.7 Å². The summed E-state index contributed by atoms with van der Waals surface area (Å²) in [6.45, 7) is 0. The van der Waals surface area contributed by atoms with Crippen LogP contribution in [0, 0.1) is 0 Å². The lowest BCUT2D eigenvalue weighted by Gasteiger charge is -2.02. The summed E-state index contributed by atoms with van der Waals surface area (Å²) in [7, 11) is 0. The number of nitrogens with zero attached hydrogens (tertiary/aromatic N) is 2. The molecule has 1 aromatic carbocycles. The largest absolute Gasteiger partial charge is 0.237 e. The molecule has 0 saturated carbocycles. The van der Waals surface area contributed by atoms with Crippen LogP contribution in [0.4, 0.5) is 0 Å². The first-order valence-electron chi connectivity index (χ1n) is 4.00. The molecule has 0 fully saturated rings. The van der Waals surface area contributed by atoms with Crippen molar-refractivity contribution in [2.75, 3.05) is 0 Å². The Morgan fingerprint density at radius 2 is 1.71 bits per heavy atom. The maximum absolute atomic E-state index is 5.99. The molecule has 0 saturated heterocycles. The highest BCUT2D eigenvalue weighted by atomic mass is 35.5. The predicted molar refractivity (Wildman–Crippen MR) is 57.5 cm³/mol. The van der Waals surface area contributed by atoms with Gasteiger partial charge in [0.25, 0.3) is 0 Å². The van der Waals surface area contributed by atoms with Gasteiger partial charge in [0.05, 0.1) is 5.02 Å². The normalized spacial score (nSPS) is 10.1. The second kappa shape index (κ2) is 3.95. The fourth-order valence-electron chi connectivity index (χ4n) is 1.11. The summed E-state index contributed by atoms with van der Waals surface area (Å²) in [5.41, 5.74) is 0.750. The standard InChI is InChI=1S/C10H6Cl2N2/c11-7-2-3-9(12)8(6-7)10-13-4-1-5-14-10/h1-6H. The van der Waals surface area contributed by atoms with Crippen LogP contribution in [0.1, 0.15) is 0 Å². The molecular weight excluding hydrogens is 219 g/mol. The minimum absolute atomic E-state index is 0.583. The van der Waals surface area contributed by atoms with Crippen molar-refractivity contribution >= 4 is 23.2 Å². The second-order valence-electron chi connectivity index (χ2n) is 2.70. The van der Waals surface area contributed by atoms with Gasteiger partial charge in [-0.3, -0.25) is 0 Å². The third-order valence-electron chi connectivity index (χ3n) is 1.74. The van der Waals surface area contributed by atoms with Crippen LogP contribution in [-0.2, 0) is 0 Å². The average Bonchev–Trinajstić information content (AvgIpc) is 2.23. The van der Waals surface area contributed by atoms with Gasteiger partial charge >= 0.3 is 0 Å². The van der Waals surface area contributed by atoms with E-state index in [4.69, 9.17) is 23.2 Å². The number of benzene rings is 1. The van der Waals surface area contributed by atoms with Crippen LogP contribution < -0.4 is 0 Å². The number of aromatic nitrogens is 2. The van der Waals surface area contributed by atoms with Gasteiger partial charge in [0, 0.05) is 23.0 Å². The molecule has 0 unspecified atom stereocenters. The smallest absolute Gasteiger partial charge is 0.160 e. The molecule has 2 rings (SSSR count). The molecule has 0 bridgehead atoms. The molecule has 2 aromatic rings.